The van der Waals surface area contributed by atoms with Crippen molar-refractivity contribution in [3.8, 4) is 22.4 Å². The molecule has 0 saturated carbocycles. The lowest BCUT2D eigenvalue weighted by Crippen LogP contribution is -2.32. The molecule has 1 aromatic carbocycles. The van der Waals surface area contributed by atoms with Crippen molar-refractivity contribution >= 4 is 11.6 Å². The first-order chi connectivity index (χ1) is 15.0. The minimum atomic E-state index is -0.0473. The highest BCUT2D eigenvalue weighted by Crippen LogP contribution is 2.41. The fraction of sp³-hybridized carbons (Fsp3) is 0.208. The number of aryl methyl sites for hydroxylation is 2. The van der Waals surface area contributed by atoms with Crippen LogP contribution >= 0.6 is 0 Å². The zero-order valence-corrected chi connectivity index (χ0v) is 17.6. The summed E-state index contributed by atoms with van der Waals surface area (Å²) >= 11 is 0. The summed E-state index contributed by atoms with van der Waals surface area (Å²) in [5.74, 6) is -0.0473. The summed E-state index contributed by atoms with van der Waals surface area (Å²) in [6.45, 7) is 3.23. The van der Waals surface area contributed by atoms with Gasteiger partial charge in [-0.25, -0.2) is 0 Å². The molecule has 1 aliphatic heterocycles. The molecule has 1 aliphatic rings. The number of benzene rings is 1. The van der Waals surface area contributed by atoms with Crippen molar-refractivity contribution in [2.75, 3.05) is 12.3 Å². The van der Waals surface area contributed by atoms with Crippen molar-refractivity contribution in [2.45, 2.75) is 19.9 Å². The number of pyridine rings is 1. The van der Waals surface area contributed by atoms with Gasteiger partial charge in [0.05, 0.1) is 29.2 Å². The number of carbonyl (C=O) groups excluding carboxylic acids is 1. The molecule has 3 aromatic heterocycles. The third-order valence-electron chi connectivity index (χ3n) is 5.79. The van der Waals surface area contributed by atoms with Crippen molar-refractivity contribution in [2.24, 2.45) is 7.05 Å². The molecule has 156 valence electrons. The second-order valence-corrected chi connectivity index (χ2v) is 7.90. The van der Waals surface area contributed by atoms with Crippen molar-refractivity contribution < 1.29 is 4.79 Å². The molecule has 0 spiro atoms. The van der Waals surface area contributed by atoms with Gasteiger partial charge in [-0.05, 0) is 42.8 Å². The Labute approximate surface area is 180 Å². The summed E-state index contributed by atoms with van der Waals surface area (Å²) in [6, 6.07) is 13.8. The van der Waals surface area contributed by atoms with Crippen molar-refractivity contribution in [1.29, 1.82) is 0 Å². The maximum Gasteiger partial charge on any atom is 0.253 e. The molecule has 1 amide bonds. The molecule has 5 rings (SSSR count). The third-order valence-corrected chi connectivity index (χ3v) is 5.79. The predicted molar refractivity (Wildman–Crippen MR) is 121 cm³/mol. The zero-order chi connectivity index (χ0) is 21.5. The van der Waals surface area contributed by atoms with Gasteiger partial charge in [-0.15, -0.1) is 0 Å². The predicted octanol–water partition coefficient (Wildman–Crippen LogP) is 3.18. The summed E-state index contributed by atoms with van der Waals surface area (Å²) in [5.41, 5.74) is 14.4. The van der Waals surface area contributed by atoms with Gasteiger partial charge in [-0.1, -0.05) is 12.1 Å². The Bertz CT molecular complexity index is 1290. The molecule has 0 aliphatic carbocycles. The molecule has 0 atom stereocenters. The number of nitrogen functional groups attached to an aromatic ring is 1. The number of nitrogens with zero attached hydrogens (tertiary/aromatic N) is 4. The zero-order valence-electron chi connectivity index (χ0n) is 17.6. The van der Waals surface area contributed by atoms with E-state index in [1.807, 2.05) is 55.1 Å². The van der Waals surface area contributed by atoms with Crippen molar-refractivity contribution in [3.05, 3.63) is 77.5 Å². The summed E-state index contributed by atoms with van der Waals surface area (Å²) in [4.78, 5) is 17.3. The van der Waals surface area contributed by atoms with Crippen LogP contribution in [0, 0.1) is 6.92 Å². The molecule has 0 radical (unpaired) electrons. The van der Waals surface area contributed by atoms with E-state index in [4.69, 9.17) is 5.73 Å². The molecule has 31 heavy (non-hydrogen) atoms. The lowest BCUT2D eigenvalue weighted by molar-refractivity contribution is 0.0946. The van der Waals surface area contributed by atoms with Gasteiger partial charge in [0.1, 0.15) is 0 Å². The van der Waals surface area contributed by atoms with Gasteiger partial charge in [-0.3, -0.25) is 14.5 Å². The van der Waals surface area contributed by atoms with Crippen LogP contribution in [0.15, 0.2) is 54.9 Å². The van der Waals surface area contributed by atoms with Gasteiger partial charge in [0.15, 0.2) is 0 Å². The summed E-state index contributed by atoms with van der Waals surface area (Å²) < 4.78 is 4.17. The number of hydrogen-bond acceptors (Lipinski definition) is 4. The first-order valence-electron chi connectivity index (χ1n) is 10.3. The van der Waals surface area contributed by atoms with Crippen LogP contribution in [0.4, 0.5) is 5.69 Å². The Hall–Kier alpha value is -3.87. The number of anilines is 1. The molecule has 7 heteroatoms. The number of carbonyl (C=O) groups is 1. The number of aromatic nitrogens is 4. The van der Waals surface area contributed by atoms with E-state index < -0.39 is 0 Å². The van der Waals surface area contributed by atoms with Gasteiger partial charge in [0.2, 0.25) is 0 Å². The van der Waals surface area contributed by atoms with Gasteiger partial charge in [0, 0.05) is 54.9 Å². The van der Waals surface area contributed by atoms with E-state index in [1.165, 1.54) is 0 Å². The fourth-order valence-corrected chi connectivity index (χ4v) is 4.49. The average molecular weight is 412 g/mol. The van der Waals surface area contributed by atoms with Crippen molar-refractivity contribution in [1.82, 2.24) is 24.6 Å². The highest BCUT2D eigenvalue weighted by molar-refractivity contribution is 6.07. The second-order valence-electron chi connectivity index (χ2n) is 7.90. The van der Waals surface area contributed by atoms with Crippen LogP contribution in [0.1, 0.15) is 27.4 Å². The Morgan fingerprint density at radius 3 is 2.61 bits per heavy atom. The summed E-state index contributed by atoms with van der Waals surface area (Å²) in [6.07, 6.45) is 4.32. The lowest BCUT2D eigenvalue weighted by Gasteiger charge is -2.17. The second kappa shape index (κ2) is 7.43. The Morgan fingerprint density at radius 2 is 1.90 bits per heavy atom. The van der Waals surface area contributed by atoms with E-state index in [-0.39, 0.29) is 5.91 Å². The van der Waals surface area contributed by atoms with Gasteiger partial charge in [-0.2, -0.15) is 5.10 Å². The molecule has 4 heterocycles. The lowest BCUT2D eigenvalue weighted by atomic mass is 9.95. The maximum absolute atomic E-state index is 13.1. The first kappa shape index (κ1) is 19.1. The molecule has 0 fully saturated rings. The third kappa shape index (κ3) is 3.28. The van der Waals surface area contributed by atoms with Crippen LogP contribution in [0.5, 0.6) is 0 Å². The number of hydrogen-bond donors (Lipinski definition) is 2. The molecular formula is C24H24N6O. The van der Waals surface area contributed by atoms with Crippen molar-refractivity contribution in [3.63, 3.8) is 0 Å². The minimum Gasteiger partial charge on any atom is -0.399 e. The molecule has 0 unspecified atom stereocenters. The SMILES string of the molecule is Cc1cc(Cn2c3c(c(-c4cccc(N)c4)c2-c2ccncc2)C(=O)NCC3)n(C)n1. The van der Waals surface area contributed by atoms with E-state index >= 15 is 0 Å². The first-order valence-corrected chi connectivity index (χ1v) is 10.3. The van der Waals surface area contributed by atoms with Crippen LogP contribution in [-0.2, 0) is 20.0 Å². The highest BCUT2D eigenvalue weighted by atomic mass is 16.1. The average Bonchev–Trinajstić information content (AvgIpc) is 3.26. The maximum atomic E-state index is 13.1. The number of nitrogens with two attached hydrogens (primary N) is 1. The van der Waals surface area contributed by atoms with Crippen LogP contribution < -0.4 is 11.1 Å². The molecule has 4 aromatic rings. The van der Waals surface area contributed by atoms with E-state index in [0.29, 0.717) is 18.8 Å². The van der Waals surface area contributed by atoms with Crippen LogP contribution in [0.25, 0.3) is 22.4 Å². The molecule has 7 nitrogen and oxygen atoms in total. The monoisotopic (exact) mass is 412 g/mol. The number of rotatable bonds is 4. The Kier molecular flexibility index (Phi) is 4.58. The highest BCUT2D eigenvalue weighted by Gasteiger charge is 2.31. The largest absolute Gasteiger partial charge is 0.399 e. The summed E-state index contributed by atoms with van der Waals surface area (Å²) in [5, 5.41) is 7.53. The Balaban J connectivity index is 1.84. The summed E-state index contributed by atoms with van der Waals surface area (Å²) in [7, 11) is 1.95. The molecule has 3 N–H and O–H groups in total. The topological polar surface area (TPSA) is 90.8 Å². The van der Waals surface area contributed by atoms with E-state index in [1.54, 1.807) is 12.4 Å². The van der Waals surface area contributed by atoms with E-state index in [9.17, 15) is 4.79 Å². The van der Waals surface area contributed by atoms with Crippen LogP contribution in [0.3, 0.4) is 0 Å². The van der Waals surface area contributed by atoms with Gasteiger partial charge < -0.3 is 15.6 Å². The van der Waals surface area contributed by atoms with Gasteiger partial charge in [0.25, 0.3) is 5.91 Å². The molecule has 0 bridgehead atoms. The number of nitrogens with one attached hydrogen (secondary N) is 1. The fourth-order valence-electron chi connectivity index (χ4n) is 4.49. The van der Waals surface area contributed by atoms with E-state index in [2.05, 4.69) is 26.0 Å². The van der Waals surface area contributed by atoms with E-state index in [0.717, 1.165) is 51.5 Å². The number of amides is 1. The molecule has 0 saturated heterocycles. The quantitative estimate of drug-likeness (QED) is 0.504. The van der Waals surface area contributed by atoms with Crippen LogP contribution in [-0.4, -0.2) is 31.8 Å². The number of fused-ring (bicyclic) bond motifs is 1. The Morgan fingerprint density at radius 1 is 1.10 bits per heavy atom. The minimum absolute atomic E-state index is 0.0473. The molecular weight excluding hydrogens is 388 g/mol. The standard InChI is InChI=1S/C24H24N6O/c1-15-12-19(29(2)28-15)14-30-20-8-11-27-24(31)22(20)21(17-4-3-5-18(25)13-17)23(30)16-6-9-26-10-7-16/h3-7,9-10,12-13H,8,11,14,25H2,1-2H3,(H,27,31). The van der Waals surface area contributed by atoms with Crippen LogP contribution in [0.2, 0.25) is 0 Å². The van der Waals surface area contributed by atoms with Gasteiger partial charge >= 0.3 is 0 Å². The smallest absolute Gasteiger partial charge is 0.253 e. The normalized spacial score (nSPS) is 13.2.